The summed E-state index contributed by atoms with van der Waals surface area (Å²) in [5.74, 6) is 1.72. The molecule has 290 valence electrons. The maximum atomic E-state index is 13.0. The van der Waals surface area contributed by atoms with Crippen LogP contribution in [-0.4, -0.2) is 55.7 Å². The second-order valence-electron chi connectivity index (χ2n) is 15.7. The number of amides is 2. The smallest absolute Gasteiger partial charge is 0.410 e. The van der Waals surface area contributed by atoms with E-state index in [0.717, 1.165) is 93.9 Å². The van der Waals surface area contributed by atoms with Crippen molar-refractivity contribution in [3.05, 3.63) is 133 Å². The number of nitrogens with one attached hydrogen (secondary N) is 3. The number of carbonyl (C=O) groups is 2. The highest BCUT2D eigenvalue weighted by atomic mass is 16.6. The molecule has 8 rings (SSSR count). The van der Waals surface area contributed by atoms with Crippen molar-refractivity contribution in [3.63, 3.8) is 0 Å². The molecule has 10 heteroatoms. The van der Waals surface area contributed by atoms with E-state index in [1.165, 1.54) is 10.8 Å². The lowest BCUT2D eigenvalue weighted by atomic mass is 9.97. The van der Waals surface area contributed by atoms with Gasteiger partial charge < -0.3 is 24.8 Å². The fourth-order valence-corrected chi connectivity index (χ4v) is 7.45. The number of likely N-dealkylation sites (tertiary alicyclic amines) is 1. The Morgan fingerprint density at radius 2 is 1.51 bits per heavy atom. The highest BCUT2D eigenvalue weighted by Gasteiger charge is 2.33. The van der Waals surface area contributed by atoms with Gasteiger partial charge in [0, 0.05) is 19.5 Å². The number of nitrogens with zero attached hydrogens (tertiary/aromatic N) is 3. The van der Waals surface area contributed by atoms with Crippen molar-refractivity contribution in [2.24, 2.45) is 0 Å². The molecule has 1 fully saturated rings. The molecular formula is C47H48N6O4. The Labute approximate surface area is 332 Å². The minimum Gasteiger partial charge on any atom is -0.445 e. The van der Waals surface area contributed by atoms with Crippen molar-refractivity contribution in [2.45, 2.75) is 71.1 Å². The zero-order valence-electron chi connectivity index (χ0n) is 32.7. The first kappa shape index (κ1) is 37.5. The Kier molecular flexibility index (Phi) is 10.8. The van der Waals surface area contributed by atoms with Gasteiger partial charge >= 0.3 is 12.2 Å². The van der Waals surface area contributed by atoms with E-state index in [1.807, 2.05) is 57.3 Å². The van der Waals surface area contributed by atoms with Gasteiger partial charge in [0.05, 0.1) is 29.0 Å². The normalized spacial score (nSPS) is 14.3. The van der Waals surface area contributed by atoms with Crippen LogP contribution >= 0.6 is 0 Å². The molecule has 3 heterocycles. The molecule has 1 aliphatic heterocycles. The van der Waals surface area contributed by atoms with E-state index >= 15 is 0 Å². The Balaban J connectivity index is 0.903. The largest absolute Gasteiger partial charge is 0.445 e. The maximum Gasteiger partial charge on any atom is 0.410 e. The summed E-state index contributed by atoms with van der Waals surface area (Å²) >= 11 is 0. The van der Waals surface area contributed by atoms with Crippen molar-refractivity contribution >= 4 is 34.0 Å². The van der Waals surface area contributed by atoms with Crippen molar-refractivity contribution < 1.29 is 19.1 Å². The van der Waals surface area contributed by atoms with Gasteiger partial charge in [-0.15, -0.1) is 0 Å². The van der Waals surface area contributed by atoms with Crippen LogP contribution in [0.25, 0.3) is 55.3 Å². The molecule has 57 heavy (non-hydrogen) atoms. The van der Waals surface area contributed by atoms with Crippen LogP contribution in [0, 0.1) is 0 Å². The Hall–Kier alpha value is -6.42. The van der Waals surface area contributed by atoms with Gasteiger partial charge in [-0.2, -0.15) is 0 Å². The molecule has 2 amide bonds. The number of alkyl carbamates (subject to hydrolysis) is 1. The van der Waals surface area contributed by atoms with E-state index in [4.69, 9.17) is 19.4 Å². The van der Waals surface area contributed by atoms with Crippen LogP contribution in [0.4, 0.5) is 9.59 Å². The molecule has 5 aromatic carbocycles. The molecule has 0 saturated carbocycles. The standard InChI is InChI=1S/C47H48N6O4/c1-47(2,3)57-45(54)48-24-8-7-13-43-50-39-23-22-37(28-40(39)51-43)36-21-17-33-16-20-35(26-38(33)27-36)32-14-18-34(19-15-32)41-29-49-44(52-41)42-12-9-25-53(42)46(55)56-30-31-10-5-4-6-11-31/h4-6,10-11,14-23,26-29,42H,7-9,12-13,24-25,30H2,1-3H3,(H,48,54)(H,49,52)(H,50,51)/t42-/m0/s1. The van der Waals surface area contributed by atoms with E-state index in [1.54, 1.807) is 4.90 Å². The molecular weight excluding hydrogens is 713 g/mol. The molecule has 0 unspecified atom stereocenters. The first-order valence-corrected chi connectivity index (χ1v) is 19.8. The van der Waals surface area contributed by atoms with Crippen molar-refractivity contribution in [1.82, 2.24) is 30.2 Å². The predicted molar refractivity (Wildman–Crippen MR) is 225 cm³/mol. The number of rotatable bonds is 11. The second-order valence-corrected chi connectivity index (χ2v) is 15.7. The summed E-state index contributed by atoms with van der Waals surface area (Å²) in [5, 5.41) is 5.17. The summed E-state index contributed by atoms with van der Waals surface area (Å²) in [6.07, 6.45) is 5.45. The minimum atomic E-state index is -0.500. The number of benzene rings is 5. The van der Waals surface area contributed by atoms with Crippen molar-refractivity contribution in [3.8, 4) is 33.5 Å². The van der Waals surface area contributed by atoms with Gasteiger partial charge in [0.25, 0.3) is 0 Å². The Bertz CT molecular complexity index is 2500. The van der Waals surface area contributed by atoms with Crippen LogP contribution in [-0.2, 0) is 22.5 Å². The van der Waals surface area contributed by atoms with Crippen LogP contribution in [0.15, 0.2) is 115 Å². The number of hydrogen-bond acceptors (Lipinski definition) is 6. The second kappa shape index (κ2) is 16.4. The summed E-state index contributed by atoms with van der Waals surface area (Å²) in [6, 6.07) is 37.7. The molecule has 0 aliphatic carbocycles. The van der Waals surface area contributed by atoms with Crippen LogP contribution in [0.5, 0.6) is 0 Å². The average Bonchev–Trinajstić information content (AvgIpc) is 3.99. The van der Waals surface area contributed by atoms with E-state index in [9.17, 15) is 9.59 Å². The first-order chi connectivity index (χ1) is 27.6. The summed E-state index contributed by atoms with van der Waals surface area (Å²) in [4.78, 5) is 43.2. The Morgan fingerprint density at radius 1 is 0.807 bits per heavy atom. The first-order valence-electron chi connectivity index (χ1n) is 19.8. The van der Waals surface area contributed by atoms with Crippen LogP contribution in [0.2, 0.25) is 0 Å². The van der Waals surface area contributed by atoms with Gasteiger partial charge in [0.1, 0.15) is 23.9 Å². The fraction of sp³-hybridized carbons (Fsp3) is 0.277. The number of fused-ring (bicyclic) bond motifs is 2. The predicted octanol–water partition coefficient (Wildman–Crippen LogP) is 10.8. The molecule has 1 aliphatic rings. The van der Waals surface area contributed by atoms with Gasteiger partial charge in [0.2, 0.25) is 0 Å². The quantitative estimate of drug-likeness (QED) is 0.113. The summed E-state index contributed by atoms with van der Waals surface area (Å²) in [5.41, 5.74) is 8.90. The molecule has 7 aromatic rings. The lowest BCUT2D eigenvalue weighted by Crippen LogP contribution is -2.33. The van der Waals surface area contributed by atoms with Gasteiger partial charge in [-0.05, 0) is 115 Å². The molecule has 1 saturated heterocycles. The van der Waals surface area contributed by atoms with Crippen molar-refractivity contribution in [1.29, 1.82) is 0 Å². The number of ether oxygens (including phenoxy) is 2. The number of imidazole rings is 2. The third-order valence-electron chi connectivity index (χ3n) is 10.3. The highest BCUT2D eigenvalue weighted by molar-refractivity contribution is 5.92. The van der Waals surface area contributed by atoms with Crippen molar-refractivity contribution in [2.75, 3.05) is 13.1 Å². The fourth-order valence-electron chi connectivity index (χ4n) is 7.45. The molecule has 2 aromatic heterocycles. The molecule has 10 nitrogen and oxygen atoms in total. The number of hydrogen-bond donors (Lipinski definition) is 3. The SMILES string of the molecule is CC(C)(C)OC(=O)NCCCCc1nc2ccc(-c3ccc4ccc(-c5ccc(-c6cnc([C@@H]7CCCN7C(=O)OCc7ccccc7)[nH]6)cc5)cc4c3)cc2[nH]1. The van der Waals surface area contributed by atoms with Crippen LogP contribution in [0.3, 0.4) is 0 Å². The molecule has 1 atom stereocenters. The zero-order chi connectivity index (χ0) is 39.4. The maximum absolute atomic E-state index is 13.0. The molecule has 0 spiro atoms. The average molecular weight is 761 g/mol. The minimum absolute atomic E-state index is 0.139. The zero-order valence-corrected chi connectivity index (χ0v) is 32.7. The highest BCUT2D eigenvalue weighted by Crippen LogP contribution is 2.34. The number of aryl methyl sites for hydroxylation is 1. The van der Waals surface area contributed by atoms with Crippen LogP contribution < -0.4 is 5.32 Å². The van der Waals surface area contributed by atoms with Gasteiger partial charge in [-0.3, -0.25) is 4.90 Å². The summed E-state index contributed by atoms with van der Waals surface area (Å²) < 4.78 is 11.0. The number of H-pyrrole nitrogens is 2. The summed E-state index contributed by atoms with van der Waals surface area (Å²) in [6.45, 7) is 7.04. The van der Waals surface area contributed by atoms with Gasteiger partial charge in [-0.1, -0.05) is 84.9 Å². The number of aromatic amines is 2. The van der Waals surface area contributed by atoms with Gasteiger partial charge in [0.15, 0.2) is 0 Å². The van der Waals surface area contributed by atoms with Gasteiger partial charge in [-0.25, -0.2) is 19.6 Å². The lowest BCUT2D eigenvalue weighted by Gasteiger charge is -2.22. The molecule has 0 bridgehead atoms. The third-order valence-corrected chi connectivity index (χ3v) is 10.3. The third kappa shape index (κ3) is 9.02. The number of unbranched alkanes of at least 4 members (excludes halogenated alkanes) is 1. The van der Waals surface area contributed by atoms with Crippen LogP contribution in [0.1, 0.15) is 69.7 Å². The van der Waals surface area contributed by atoms with E-state index in [0.29, 0.717) is 13.1 Å². The molecule has 0 radical (unpaired) electrons. The Morgan fingerprint density at radius 3 is 2.28 bits per heavy atom. The summed E-state index contributed by atoms with van der Waals surface area (Å²) in [7, 11) is 0. The number of aromatic nitrogens is 4. The molecule has 3 N–H and O–H groups in total. The van der Waals surface area contributed by atoms with E-state index in [2.05, 4.69) is 94.1 Å². The lowest BCUT2D eigenvalue weighted by molar-refractivity contribution is 0.0527. The van der Waals surface area contributed by atoms with E-state index in [-0.39, 0.29) is 24.8 Å². The topological polar surface area (TPSA) is 125 Å². The van der Waals surface area contributed by atoms with E-state index < -0.39 is 5.60 Å². The monoisotopic (exact) mass is 760 g/mol. The number of carbonyl (C=O) groups excluding carboxylic acids is 2.